The molecule has 5 atom stereocenters. The van der Waals surface area contributed by atoms with Gasteiger partial charge in [-0.3, -0.25) is 13.7 Å². The van der Waals surface area contributed by atoms with Crippen LogP contribution in [-0.2, 0) is 59.8 Å². The molecule has 20 heteroatoms. The molecule has 1 aromatic rings. The molecule has 2 rings (SSSR count). The lowest BCUT2D eigenvalue weighted by Crippen LogP contribution is -2.66. The van der Waals surface area contributed by atoms with E-state index in [9.17, 15) is 35.2 Å². The molecule has 194 valence electrons. The van der Waals surface area contributed by atoms with Gasteiger partial charge in [-0.15, -0.1) is 0 Å². The summed E-state index contributed by atoms with van der Waals surface area (Å²) in [6.45, 7) is -1.59. The number of alkyl carbamates (subject to hydrolysis) is 1. The van der Waals surface area contributed by atoms with E-state index in [4.69, 9.17) is 23.1 Å². The van der Waals surface area contributed by atoms with E-state index in [2.05, 4.69) is 12.5 Å². The van der Waals surface area contributed by atoms with Crippen LogP contribution >= 0.6 is 0 Å². The third-order valence-corrected chi connectivity index (χ3v) is 5.37. The molecule has 0 aromatic heterocycles. The minimum absolute atomic E-state index is 0.296. The molecule has 17 nitrogen and oxygen atoms in total. The van der Waals surface area contributed by atoms with E-state index in [1.807, 2.05) is 5.32 Å². The zero-order valence-electron chi connectivity index (χ0n) is 16.6. The van der Waals surface area contributed by atoms with Crippen molar-refractivity contribution in [2.75, 3.05) is 6.61 Å². The number of hydrogen-bond donors (Lipinski definition) is 5. The van der Waals surface area contributed by atoms with Crippen LogP contribution in [0.25, 0.3) is 0 Å². The van der Waals surface area contributed by atoms with Gasteiger partial charge in [0.2, 0.25) is 0 Å². The summed E-state index contributed by atoms with van der Waals surface area (Å²) in [7, 11) is -16.0. The van der Waals surface area contributed by atoms with Crippen molar-refractivity contribution in [2.24, 2.45) is 0 Å². The zero-order chi connectivity index (χ0) is 25.7. The Hall–Kier alpha value is -1.98. The van der Waals surface area contributed by atoms with Crippen LogP contribution < -0.4 is 5.32 Å². The molecule has 5 N–H and O–H groups in total. The molecule has 1 saturated heterocycles. The molecule has 1 aliphatic heterocycles. The molecular formula is C14H19NO16S3. The topological polar surface area (TPSA) is 259 Å². The Labute approximate surface area is 193 Å². The van der Waals surface area contributed by atoms with Crippen molar-refractivity contribution < 1.29 is 70.8 Å². The summed E-state index contributed by atoms with van der Waals surface area (Å²) in [5.74, 6) is 0. The Morgan fingerprint density at radius 1 is 0.912 bits per heavy atom. The molecule has 0 unspecified atom stereocenters. The van der Waals surface area contributed by atoms with E-state index in [1.54, 1.807) is 30.3 Å². The molecule has 0 radical (unpaired) electrons. The normalized spacial score (nSPS) is 26.1. The van der Waals surface area contributed by atoms with Crippen molar-refractivity contribution >= 4 is 37.3 Å². The Kier molecular flexibility index (Phi) is 9.29. The van der Waals surface area contributed by atoms with Crippen molar-refractivity contribution in [3.63, 3.8) is 0 Å². The van der Waals surface area contributed by atoms with E-state index in [0.29, 0.717) is 5.56 Å². The van der Waals surface area contributed by atoms with Crippen molar-refractivity contribution in [2.45, 2.75) is 37.3 Å². The molecule has 0 saturated carbocycles. The lowest BCUT2D eigenvalue weighted by Gasteiger charge is -2.42. The van der Waals surface area contributed by atoms with E-state index in [-0.39, 0.29) is 6.61 Å². The van der Waals surface area contributed by atoms with Gasteiger partial charge >= 0.3 is 37.3 Å². The molecule has 0 aliphatic carbocycles. The summed E-state index contributed by atoms with van der Waals surface area (Å²) in [5.41, 5.74) is 0.527. The number of aliphatic hydroxyl groups is 1. The first-order valence-electron chi connectivity index (χ1n) is 8.78. The number of carbonyl (C=O) groups is 1. The van der Waals surface area contributed by atoms with Crippen LogP contribution in [0.15, 0.2) is 30.3 Å². The average molecular weight is 553 g/mol. The van der Waals surface area contributed by atoms with Crippen molar-refractivity contribution in [3.05, 3.63) is 35.9 Å². The summed E-state index contributed by atoms with van der Waals surface area (Å²) in [5, 5.41) is 12.1. The molecule has 34 heavy (non-hydrogen) atoms. The molecule has 0 bridgehead atoms. The van der Waals surface area contributed by atoms with Crippen molar-refractivity contribution in [3.8, 4) is 0 Å². The molecule has 1 aliphatic rings. The molecule has 0 spiro atoms. The molecule has 1 amide bonds. The van der Waals surface area contributed by atoms with Gasteiger partial charge in [-0.1, -0.05) is 30.3 Å². The van der Waals surface area contributed by atoms with Crippen LogP contribution in [0.5, 0.6) is 0 Å². The average Bonchev–Trinajstić information content (AvgIpc) is 2.68. The summed E-state index contributed by atoms with van der Waals surface area (Å²) in [6.07, 6.45) is -10.4. The largest absolute Gasteiger partial charge is 0.445 e. The lowest BCUT2D eigenvalue weighted by atomic mass is 9.97. The fourth-order valence-electron chi connectivity index (χ4n) is 2.77. The van der Waals surface area contributed by atoms with E-state index in [1.165, 1.54) is 0 Å². The van der Waals surface area contributed by atoms with Crippen molar-refractivity contribution in [1.29, 1.82) is 0 Å². The van der Waals surface area contributed by atoms with Crippen LogP contribution in [0.4, 0.5) is 4.79 Å². The van der Waals surface area contributed by atoms with Gasteiger partial charge in [-0.25, -0.2) is 17.3 Å². The maximum Gasteiger partial charge on any atom is 0.407 e. The molecule has 1 heterocycles. The Morgan fingerprint density at radius 3 is 2.00 bits per heavy atom. The van der Waals surface area contributed by atoms with Gasteiger partial charge in [0.15, 0.2) is 6.29 Å². The number of benzene rings is 1. The number of aliphatic hydroxyl groups excluding tert-OH is 1. The predicted molar refractivity (Wildman–Crippen MR) is 105 cm³/mol. The first-order valence-corrected chi connectivity index (χ1v) is 12.9. The fourth-order valence-corrected chi connectivity index (χ4v) is 4.10. The SMILES string of the molecule is O=C(N[C@@H]1[C@@H](OS(=O)(=O)O)[C@H](OS(=O)(=O)O)[C@@H](COS(=O)(=O)O)O[C@H]1O)OCc1ccccc1. The lowest BCUT2D eigenvalue weighted by molar-refractivity contribution is -0.242. The first-order chi connectivity index (χ1) is 15.5. The van der Waals surface area contributed by atoms with Gasteiger partial charge in [-0.2, -0.15) is 25.3 Å². The van der Waals surface area contributed by atoms with Gasteiger partial charge in [-0.05, 0) is 5.56 Å². The second-order valence-corrected chi connectivity index (χ2v) is 9.67. The first kappa shape index (κ1) is 28.3. The van der Waals surface area contributed by atoms with Crippen LogP contribution in [0.2, 0.25) is 0 Å². The minimum Gasteiger partial charge on any atom is -0.445 e. The standard InChI is InChI=1S/C14H19NO16S3/c16-13-10(15-14(17)27-6-8-4-2-1-3-5-8)12(31-34(24,25)26)11(30-33(21,22)23)9(29-13)7-28-32(18,19)20/h1-5,9-13,16H,6-7H2,(H,15,17)(H,18,19,20)(H,21,22,23)(H,24,25,26)/t9-,10-,11-,12-,13-/m1/s1. The third kappa shape index (κ3) is 9.71. The van der Waals surface area contributed by atoms with Crippen LogP contribution in [0, 0.1) is 0 Å². The minimum atomic E-state index is -5.45. The number of ether oxygens (including phenoxy) is 2. The highest BCUT2D eigenvalue weighted by Gasteiger charge is 2.52. The fraction of sp³-hybridized carbons (Fsp3) is 0.500. The van der Waals surface area contributed by atoms with E-state index >= 15 is 0 Å². The van der Waals surface area contributed by atoms with Gasteiger partial charge < -0.3 is 19.9 Å². The highest BCUT2D eigenvalue weighted by molar-refractivity contribution is 7.81. The monoisotopic (exact) mass is 553 g/mol. The Bertz CT molecular complexity index is 1150. The van der Waals surface area contributed by atoms with Crippen molar-refractivity contribution in [1.82, 2.24) is 5.32 Å². The predicted octanol–water partition coefficient (Wildman–Crippen LogP) is -1.81. The number of rotatable bonds is 10. The maximum absolute atomic E-state index is 12.2. The van der Waals surface area contributed by atoms with E-state index in [0.717, 1.165) is 0 Å². The summed E-state index contributed by atoms with van der Waals surface area (Å²) >= 11 is 0. The maximum atomic E-state index is 12.2. The molecule has 1 fully saturated rings. The van der Waals surface area contributed by atoms with Crippen LogP contribution in [0.1, 0.15) is 5.56 Å². The second kappa shape index (κ2) is 11.2. The van der Waals surface area contributed by atoms with Crippen LogP contribution in [0.3, 0.4) is 0 Å². The number of hydrogen-bond acceptors (Lipinski definition) is 13. The third-order valence-electron chi connectivity index (χ3n) is 4.01. The quantitative estimate of drug-likeness (QED) is 0.200. The number of carbonyl (C=O) groups excluding carboxylic acids is 1. The second-order valence-electron chi connectivity index (χ2n) is 6.49. The van der Waals surface area contributed by atoms with E-state index < -0.39 is 74.5 Å². The summed E-state index contributed by atoms with van der Waals surface area (Å²) in [6, 6.07) is 6.10. The highest BCUT2D eigenvalue weighted by atomic mass is 32.3. The van der Waals surface area contributed by atoms with Crippen LogP contribution in [-0.4, -0.2) is 87.4 Å². The zero-order valence-corrected chi connectivity index (χ0v) is 19.0. The van der Waals surface area contributed by atoms with Gasteiger partial charge in [0.05, 0.1) is 6.61 Å². The summed E-state index contributed by atoms with van der Waals surface area (Å²) in [4.78, 5) is 12.2. The molecule has 1 aromatic carbocycles. The number of nitrogens with one attached hydrogen (secondary N) is 1. The number of amides is 1. The van der Waals surface area contributed by atoms with Gasteiger partial charge in [0.25, 0.3) is 0 Å². The summed E-state index contributed by atoms with van der Waals surface area (Å²) < 4.78 is 116. The van der Waals surface area contributed by atoms with Gasteiger partial charge in [0.1, 0.15) is 31.0 Å². The Balaban J connectivity index is 2.30. The molecular weight excluding hydrogens is 534 g/mol. The Morgan fingerprint density at radius 2 is 1.47 bits per heavy atom. The highest BCUT2D eigenvalue weighted by Crippen LogP contribution is 2.28. The van der Waals surface area contributed by atoms with Gasteiger partial charge in [0, 0.05) is 0 Å². The smallest absolute Gasteiger partial charge is 0.407 e.